The number of nitro groups is 1. The topological polar surface area (TPSA) is 77.1 Å². The van der Waals surface area contributed by atoms with Gasteiger partial charge in [0.2, 0.25) is 0 Å². The van der Waals surface area contributed by atoms with Gasteiger partial charge in [0.05, 0.1) is 11.5 Å². The average molecular weight is 272 g/mol. The number of nitro benzene ring substituents is 1. The van der Waals surface area contributed by atoms with Crippen LogP contribution in [0.3, 0.4) is 0 Å². The van der Waals surface area contributed by atoms with Gasteiger partial charge in [-0.3, -0.25) is 10.1 Å². The van der Waals surface area contributed by atoms with Crippen LogP contribution in [0.4, 0.5) is 5.69 Å². The van der Waals surface area contributed by atoms with Crippen LogP contribution in [0.25, 0.3) is 0 Å². The highest BCUT2D eigenvalue weighted by Crippen LogP contribution is 2.36. The first kappa shape index (κ1) is 10.2. The normalized spacial score (nSPS) is 16.3. The summed E-state index contributed by atoms with van der Waals surface area (Å²) < 4.78 is 4.36. The van der Waals surface area contributed by atoms with E-state index in [1.165, 1.54) is 12.1 Å². The molecule has 1 aromatic rings. The fourth-order valence-corrected chi connectivity index (χ4v) is 1.18. The number of hydrogen-bond acceptors (Lipinski definition) is 5. The number of rotatable bonds is 4. The first-order valence-corrected chi connectivity index (χ1v) is 4.89. The molecule has 2 rings (SSSR count). The van der Waals surface area contributed by atoms with E-state index in [1.54, 1.807) is 12.1 Å². The number of ether oxygens (including phenoxy) is 1. The lowest BCUT2D eigenvalue weighted by Crippen LogP contribution is -2.05. The van der Waals surface area contributed by atoms with Crippen molar-refractivity contribution in [2.24, 2.45) is 10.2 Å². The summed E-state index contributed by atoms with van der Waals surface area (Å²) >= 11 is 3.12. The van der Waals surface area contributed by atoms with E-state index < -0.39 is 9.68 Å². The summed E-state index contributed by atoms with van der Waals surface area (Å²) in [6, 6.07) is 6.13. The molecule has 6 nitrogen and oxygen atoms in total. The van der Waals surface area contributed by atoms with E-state index in [9.17, 15) is 10.1 Å². The molecule has 0 aliphatic carbocycles. The maximum absolute atomic E-state index is 10.4. The SMILES string of the molecule is O=[N+]([O-])c1ccc(COC2(Br)N=N2)cc1. The number of alkyl halides is 1. The Hall–Kier alpha value is -1.34. The molecule has 0 bridgehead atoms. The molecule has 0 amide bonds. The number of halogens is 1. The molecule has 0 fully saturated rings. The van der Waals surface area contributed by atoms with Gasteiger partial charge in [-0.05, 0) is 17.7 Å². The Bertz CT molecular complexity index is 412. The Morgan fingerprint density at radius 2 is 2.00 bits per heavy atom. The van der Waals surface area contributed by atoms with Crippen LogP contribution in [0.1, 0.15) is 5.56 Å². The van der Waals surface area contributed by atoms with Crippen molar-refractivity contribution < 1.29 is 9.66 Å². The van der Waals surface area contributed by atoms with Crippen LogP contribution in [-0.4, -0.2) is 9.68 Å². The Labute approximate surface area is 93.2 Å². The molecule has 1 aromatic carbocycles. The minimum Gasteiger partial charge on any atom is -0.319 e. The molecule has 78 valence electrons. The zero-order chi connectivity index (χ0) is 10.9. The molecule has 0 saturated heterocycles. The summed E-state index contributed by atoms with van der Waals surface area (Å²) in [7, 11) is 0. The smallest absolute Gasteiger partial charge is 0.319 e. The van der Waals surface area contributed by atoms with Crippen LogP contribution >= 0.6 is 15.9 Å². The molecule has 7 heteroatoms. The van der Waals surface area contributed by atoms with Gasteiger partial charge in [-0.15, -0.1) is 10.2 Å². The second-order valence-corrected chi connectivity index (χ2v) is 3.97. The van der Waals surface area contributed by atoms with Gasteiger partial charge in [-0.25, -0.2) is 0 Å². The van der Waals surface area contributed by atoms with Crippen LogP contribution in [-0.2, 0) is 11.3 Å². The summed E-state index contributed by atoms with van der Waals surface area (Å²) in [4.78, 5) is 9.93. The van der Waals surface area contributed by atoms with Gasteiger partial charge in [0.1, 0.15) is 0 Å². The predicted octanol–water partition coefficient (Wildman–Crippen LogP) is 2.58. The summed E-state index contributed by atoms with van der Waals surface area (Å²) in [5, 5.41) is 17.6. The van der Waals surface area contributed by atoms with Gasteiger partial charge in [0, 0.05) is 28.1 Å². The van der Waals surface area contributed by atoms with E-state index in [2.05, 4.69) is 26.2 Å². The summed E-state index contributed by atoms with van der Waals surface area (Å²) in [6.07, 6.45) is 0. The number of non-ortho nitro benzene ring substituents is 1. The Morgan fingerprint density at radius 1 is 1.40 bits per heavy atom. The molecule has 0 atom stereocenters. The summed E-state index contributed by atoms with van der Waals surface area (Å²) in [5.41, 5.74) is 0.893. The molecular weight excluding hydrogens is 266 g/mol. The lowest BCUT2D eigenvalue weighted by molar-refractivity contribution is -0.384. The molecule has 0 N–H and O–H groups in total. The monoisotopic (exact) mass is 271 g/mol. The Morgan fingerprint density at radius 3 is 2.47 bits per heavy atom. The minimum atomic E-state index is -0.880. The van der Waals surface area contributed by atoms with Gasteiger partial charge in [-0.1, -0.05) is 0 Å². The first-order chi connectivity index (χ1) is 7.09. The van der Waals surface area contributed by atoms with Crippen molar-refractivity contribution in [3.05, 3.63) is 39.9 Å². The van der Waals surface area contributed by atoms with Gasteiger partial charge in [0.15, 0.2) is 0 Å². The second kappa shape index (κ2) is 3.67. The second-order valence-electron chi connectivity index (χ2n) is 2.94. The van der Waals surface area contributed by atoms with E-state index in [0.29, 0.717) is 6.61 Å². The number of benzene rings is 1. The lowest BCUT2D eigenvalue weighted by Gasteiger charge is -2.04. The zero-order valence-electron chi connectivity index (χ0n) is 7.46. The zero-order valence-corrected chi connectivity index (χ0v) is 9.05. The van der Waals surface area contributed by atoms with Gasteiger partial charge >= 0.3 is 4.76 Å². The maximum atomic E-state index is 10.4. The average Bonchev–Trinajstić information content (AvgIpc) is 2.95. The predicted molar refractivity (Wildman–Crippen MR) is 54.4 cm³/mol. The number of nitrogens with zero attached hydrogens (tertiary/aromatic N) is 3. The van der Waals surface area contributed by atoms with Gasteiger partial charge < -0.3 is 4.74 Å². The minimum absolute atomic E-state index is 0.0631. The van der Waals surface area contributed by atoms with E-state index in [1.807, 2.05) is 0 Å². The third-order valence-corrected chi connectivity index (χ3v) is 2.37. The quantitative estimate of drug-likeness (QED) is 0.366. The Balaban J connectivity index is 1.95. The molecule has 0 radical (unpaired) electrons. The van der Waals surface area contributed by atoms with Crippen LogP contribution in [0.5, 0.6) is 0 Å². The van der Waals surface area contributed by atoms with E-state index >= 15 is 0 Å². The van der Waals surface area contributed by atoms with Crippen molar-refractivity contribution in [3.8, 4) is 0 Å². The fraction of sp³-hybridized carbons (Fsp3) is 0.250. The molecule has 0 spiro atoms. The van der Waals surface area contributed by atoms with Crippen molar-refractivity contribution in [2.75, 3.05) is 0 Å². The van der Waals surface area contributed by atoms with Gasteiger partial charge in [0.25, 0.3) is 5.69 Å². The fourth-order valence-electron chi connectivity index (χ4n) is 0.986. The highest BCUT2D eigenvalue weighted by Gasteiger charge is 2.38. The maximum Gasteiger partial charge on any atom is 0.351 e. The molecule has 15 heavy (non-hydrogen) atoms. The van der Waals surface area contributed by atoms with Crippen molar-refractivity contribution in [3.63, 3.8) is 0 Å². The highest BCUT2D eigenvalue weighted by molar-refractivity contribution is 9.10. The van der Waals surface area contributed by atoms with E-state index in [-0.39, 0.29) is 5.69 Å². The van der Waals surface area contributed by atoms with Crippen LogP contribution in [0, 0.1) is 10.1 Å². The van der Waals surface area contributed by atoms with Crippen LogP contribution in [0.15, 0.2) is 34.5 Å². The van der Waals surface area contributed by atoms with E-state index in [4.69, 9.17) is 4.74 Å². The third-order valence-electron chi connectivity index (χ3n) is 1.83. The number of hydrogen-bond donors (Lipinski definition) is 0. The molecular formula is C8H6BrN3O3. The molecule has 1 heterocycles. The molecule has 0 aromatic heterocycles. The van der Waals surface area contributed by atoms with Crippen molar-refractivity contribution in [2.45, 2.75) is 11.4 Å². The summed E-state index contributed by atoms with van der Waals surface area (Å²) in [5.74, 6) is 0. The van der Waals surface area contributed by atoms with Crippen LogP contribution < -0.4 is 0 Å². The molecule has 1 aliphatic rings. The van der Waals surface area contributed by atoms with Crippen molar-refractivity contribution in [1.82, 2.24) is 0 Å². The van der Waals surface area contributed by atoms with Gasteiger partial charge in [-0.2, -0.15) is 0 Å². The third kappa shape index (κ3) is 2.57. The molecule has 1 aliphatic heterocycles. The lowest BCUT2D eigenvalue weighted by atomic mass is 10.2. The first-order valence-electron chi connectivity index (χ1n) is 4.09. The van der Waals surface area contributed by atoms with Crippen molar-refractivity contribution in [1.29, 1.82) is 0 Å². The summed E-state index contributed by atoms with van der Waals surface area (Å²) in [6.45, 7) is 0.302. The standard InChI is InChI=1S/C8H6BrN3O3/c9-8(10-11-8)15-5-6-1-3-7(4-2-6)12(13)14/h1-4H,5H2. The van der Waals surface area contributed by atoms with Crippen molar-refractivity contribution >= 4 is 21.6 Å². The highest BCUT2D eigenvalue weighted by atomic mass is 79.9. The van der Waals surface area contributed by atoms with Crippen LogP contribution in [0.2, 0.25) is 0 Å². The molecule has 0 saturated carbocycles. The Kier molecular flexibility index (Phi) is 2.49. The molecule has 0 unspecified atom stereocenters. The largest absolute Gasteiger partial charge is 0.351 e. The van der Waals surface area contributed by atoms with E-state index in [0.717, 1.165) is 5.56 Å².